The lowest BCUT2D eigenvalue weighted by Gasteiger charge is -1.94. The van der Waals surface area contributed by atoms with Crippen molar-refractivity contribution in [3.63, 3.8) is 0 Å². The minimum Gasteiger partial charge on any atom is -0.261 e. The highest BCUT2D eigenvalue weighted by atomic mass is 35.5. The summed E-state index contributed by atoms with van der Waals surface area (Å²) in [6.45, 7) is 0. The number of rotatable bonds is 2. The van der Waals surface area contributed by atoms with Gasteiger partial charge in [-0.05, 0) is 12.1 Å². The molecule has 1 rings (SSSR count). The maximum Gasteiger partial charge on any atom is 0.0992 e. The van der Waals surface area contributed by atoms with Gasteiger partial charge in [0.2, 0.25) is 0 Å². The van der Waals surface area contributed by atoms with Crippen LogP contribution in [0.4, 0.5) is 0 Å². The highest BCUT2D eigenvalue weighted by molar-refractivity contribution is 6.17. The fraction of sp³-hybridized carbons (Fsp3) is 0.250. The van der Waals surface area contributed by atoms with Gasteiger partial charge in [-0.2, -0.15) is 5.26 Å². The Morgan fingerprint density at radius 2 is 2.45 bits per heavy atom. The molecule has 0 unspecified atom stereocenters. The molecule has 0 N–H and O–H groups in total. The zero-order valence-electron chi connectivity index (χ0n) is 5.92. The number of nitrogens with zero attached hydrogens (tertiary/aromatic N) is 2. The zero-order valence-corrected chi connectivity index (χ0v) is 6.67. The molecular formula is C8H7ClN2. The van der Waals surface area contributed by atoms with Gasteiger partial charge in [-0.15, -0.1) is 11.6 Å². The van der Waals surface area contributed by atoms with E-state index in [0.717, 1.165) is 12.1 Å². The van der Waals surface area contributed by atoms with Crippen molar-refractivity contribution < 1.29 is 0 Å². The zero-order chi connectivity index (χ0) is 8.10. The van der Waals surface area contributed by atoms with Gasteiger partial charge in [0.15, 0.2) is 0 Å². The van der Waals surface area contributed by atoms with Crippen LogP contribution in [-0.4, -0.2) is 10.9 Å². The van der Waals surface area contributed by atoms with E-state index in [-0.39, 0.29) is 0 Å². The number of nitriles is 1. The molecule has 0 amide bonds. The fourth-order valence-electron chi connectivity index (χ4n) is 0.781. The van der Waals surface area contributed by atoms with E-state index in [0.29, 0.717) is 11.4 Å². The Balaban J connectivity index is 2.85. The molecule has 0 bridgehead atoms. The lowest BCUT2D eigenvalue weighted by Crippen LogP contribution is -1.90. The maximum atomic E-state index is 8.52. The molecule has 1 aromatic heterocycles. The number of alkyl halides is 1. The molecule has 56 valence electrons. The minimum absolute atomic E-state index is 0.544. The van der Waals surface area contributed by atoms with Crippen molar-refractivity contribution in [1.29, 1.82) is 5.26 Å². The first-order valence-corrected chi connectivity index (χ1v) is 3.81. The maximum absolute atomic E-state index is 8.52. The van der Waals surface area contributed by atoms with E-state index in [9.17, 15) is 0 Å². The van der Waals surface area contributed by atoms with Crippen molar-refractivity contribution in [3.8, 4) is 6.07 Å². The normalized spacial score (nSPS) is 9.09. The Morgan fingerprint density at radius 1 is 1.64 bits per heavy atom. The summed E-state index contributed by atoms with van der Waals surface area (Å²) in [6.07, 6.45) is 2.34. The number of aryl methyl sites for hydroxylation is 1. The summed E-state index contributed by atoms with van der Waals surface area (Å²) in [6, 6.07) is 5.47. The molecule has 2 nitrogen and oxygen atoms in total. The van der Waals surface area contributed by atoms with Crippen LogP contribution in [0.3, 0.4) is 0 Å². The molecular weight excluding hydrogens is 160 g/mol. The van der Waals surface area contributed by atoms with Crippen LogP contribution in [0, 0.1) is 11.3 Å². The summed E-state index contributed by atoms with van der Waals surface area (Å²) >= 11 is 5.51. The van der Waals surface area contributed by atoms with Gasteiger partial charge in [0.1, 0.15) is 0 Å². The van der Waals surface area contributed by atoms with Crippen LogP contribution in [-0.2, 0) is 6.42 Å². The van der Waals surface area contributed by atoms with Gasteiger partial charge in [0.05, 0.1) is 11.6 Å². The van der Waals surface area contributed by atoms with E-state index in [4.69, 9.17) is 16.9 Å². The molecule has 0 radical (unpaired) electrons. The summed E-state index contributed by atoms with van der Waals surface area (Å²) in [4.78, 5) is 4.04. The second kappa shape index (κ2) is 3.95. The highest BCUT2D eigenvalue weighted by Gasteiger charge is 1.94. The highest BCUT2D eigenvalue weighted by Crippen LogP contribution is 2.01. The first-order valence-electron chi connectivity index (χ1n) is 3.28. The van der Waals surface area contributed by atoms with E-state index >= 15 is 0 Å². The SMILES string of the molecule is N#Cc1ccnc(CCCl)c1. The van der Waals surface area contributed by atoms with Gasteiger partial charge in [0.25, 0.3) is 0 Å². The largest absolute Gasteiger partial charge is 0.261 e. The van der Waals surface area contributed by atoms with Crippen LogP contribution in [0.5, 0.6) is 0 Å². The van der Waals surface area contributed by atoms with Crippen molar-refractivity contribution in [2.75, 3.05) is 5.88 Å². The van der Waals surface area contributed by atoms with E-state index in [1.807, 2.05) is 6.07 Å². The Hall–Kier alpha value is -1.07. The molecule has 1 aromatic rings. The average Bonchev–Trinajstić information content (AvgIpc) is 2.06. The molecule has 0 aliphatic carbocycles. The summed E-state index contributed by atoms with van der Waals surface area (Å²) in [5.41, 5.74) is 1.51. The van der Waals surface area contributed by atoms with Gasteiger partial charge >= 0.3 is 0 Å². The Kier molecular flexibility index (Phi) is 2.88. The van der Waals surface area contributed by atoms with Crippen molar-refractivity contribution in [2.45, 2.75) is 6.42 Å². The molecule has 0 aliphatic heterocycles. The van der Waals surface area contributed by atoms with Crippen LogP contribution in [0.25, 0.3) is 0 Å². The van der Waals surface area contributed by atoms with Crippen molar-refractivity contribution in [3.05, 3.63) is 29.6 Å². The van der Waals surface area contributed by atoms with E-state index in [2.05, 4.69) is 4.98 Å². The topological polar surface area (TPSA) is 36.7 Å². The second-order valence-electron chi connectivity index (χ2n) is 2.09. The standard InChI is InChI=1S/C8H7ClN2/c9-3-1-8-5-7(6-10)2-4-11-8/h2,4-5H,1,3H2. The molecule has 11 heavy (non-hydrogen) atoms. The van der Waals surface area contributed by atoms with E-state index in [1.165, 1.54) is 0 Å². The molecule has 0 atom stereocenters. The number of hydrogen-bond acceptors (Lipinski definition) is 2. The Labute approximate surface area is 70.4 Å². The number of halogens is 1. The lowest BCUT2D eigenvalue weighted by molar-refractivity contribution is 1.04. The molecule has 0 fully saturated rings. The molecule has 3 heteroatoms. The van der Waals surface area contributed by atoms with Gasteiger partial charge in [-0.3, -0.25) is 4.98 Å². The Morgan fingerprint density at radius 3 is 3.09 bits per heavy atom. The van der Waals surface area contributed by atoms with Crippen LogP contribution >= 0.6 is 11.6 Å². The lowest BCUT2D eigenvalue weighted by atomic mass is 10.2. The van der Waals surface area contributed by atoms with E-state index in [1.54, 1.807) is 18.3 Å². The third-order valence-electron chi connectivity index (χ3n) is 1.30. The van der Waals surface area contributed by atoms with Gasteiger partial charge in [-0.1, -0.05) is 0 Å². The first-order chi connectivity index (χ1) is 5.36. The molecule has 1 heterocycles. The summed E-state index contributed by atoms with van der Waals surface area (Å²) in [7, 11) is 0. The fourth-order valence-corrected chi connectivity index (χ4v) is 0.975. The number of aromatic nitrogens is 1. The third kappa shape index (κ3) is 2.21. The smallest absolute Gasteiger partial charge is 0.0992 e. The monoisotopic (exact) mass is 166 g/mol. The molecule has 0 spiro atoms. The first kappa shape index (κ1) is 8.03. The summed E-state index contributed by atoms with van der Waals surface area (Å²) in [5, 5.41) is 8.52. The molecule has 0 saturated heterocycles. The van der Waals surface area contributed by atoms with Gasteiger partial charge < -0.3 is 0 Å². The molecule has 0 saturated carbocycles. The third-order valence-corrected chi connectivity index (χ3v) is 1.49. The van der Waals surface area contributed by atoms with Crippen molar-refractivity contribution in [2.24, 2.45) is 0 Å². The molecule has 0 aliphatic rings. The van der Waals surface area contributed by atoms with Crippen molar-refractivity contribution >= 4 is 11.6 Å². The van der Waals surface area contributed by atoms with Crippen LogP contribution < -0.4 is 0 Å². The van der Waals surface area contributed by atoms with Crippen molar-refractivity contribution in [1.82, 2.24) is 4.98 Å². The summed E-state index contributed by atoms with van der Waals surface area (Å²) in [5.74, 6) is 0.544. The predicted molar refractivity (Wildman–Crippen MR) is 43.4 cm³/mol. The van der Waals surface area contributed by atoms with Gasteiger partial charge in [0, 0.05) is 24.2 Å². The summed E-state index contributed by atoms with van der Waals surface area (Å²) < 4.78 is 0. The number of hydrogen-bond donors (Lipinski definition) is 0. The van der Waals surface area contributed by atoms with Crippen LogP contribution in [0.15, 0.2) is 18.3 Å². The molecule has 0 aromatic carbocycles. The second-order valence-corrected chi connectivity index (χ2v) is 2.46. The number of pyridine rings is 1. The van der Waals surface area contributed by atoms with Crippen LogP contribution in [0.2, 0.25) is 0 Å². The predicted octanol–water partition coefficient (Wildman–Crippen LogP) is 1.73. The van der Waals surface area contributed by atoms with Crippen LogP contribution in [0.1, 0.15) is 11.3 Å². The quantitative estimate of drug-likeness (QED) is 0.628. The average molecular weight is 167 g/mol. The Bertz CT molecular complexity index is 278. The minimum atomic E-state index is 0.544. The van der Waals surface area contributed by atoms with Gasteiger partial charge in [-0.25, -0.2) is 0 Å². The van der Waals surface area contributed by atoms with E-state index < -0.39 is 0 Å².